The van der Waals surface area contributed by atoms with Crippen molar-refractivity contribution in [3.05, 3.63) is 28.0 Å². The lowest BCUT2D eigenvalue weighted by Gasteiger charge is -2.20. The van der Waals surface area contributed by atoms with E-state index in [9.17, 15) is 9.18 Å². The van der Waals surface area contributed by atoms with E-state index in [0.717, 1.165) is 18.4 Å². The lowest BCUT2D eigenvalue weighted by molar-refractivity contribution is -0.120. The highest BCUT2D eigenvalue weighted by Crippen LogP contribution is 2.34. The molecule has 2 fully saturated rings. The van der Waals surface area contributed by atoms with Crippen molar-refractivity contribution in [2.24, 2.45) is 5.92 Å². The van der Waals surface area contributed by atoms with E-state index in [1.54, 1.807) is 6.07 Å². The van der Waals surface area contributed by atoms with Crippen molar-refractivity contribution in [2.45, 2.75) is 38.3 Å². The summed E-state index contributed by atoms with van der Waals surface area (Å²) in [6, 6.07) is 3.84. The monoisotopic (exact) mass is 326 g/mol. The number of benzene rings is 1. The molecule has 1 aromatic rings. The van der Waals surface area contributed by atoms with Crippen LogP contribution in [-0.4, -0.2) is 18.0 Å². The molecule has 3 unspecified atom stereocenters. The van der Waals surface area contributed by atoms with E-state index >= 15 is 0 Å². The molecule has 0 aliphatic carbocycles. The Balaban J connectivity index is 1.75. The second-order valence-electron chi connectivity index (χ2n) is 5.46. The molecular weight excluding hydrogens is 311 g/mol. The van der Waals surface area contributed by atoms with Gasteiger partial charge in [-0.3, -0.25) is 4.79 Å². The molecule has 0 spiro atoms. The fraction of sp³-hybridized carbons (Fsp3) is 0.500. The Hall–Kier alpha value is -0.940. The van der Waals surface area contributed by atoms with Crippen LogP contribution in [0.25, 0.3) is 0 Å². The number of amides is 1. The minimum absolute atomic E-state index is 0.00419. The molecule has 2 aliphatic rings. The summed E-state index contributed by atoms with van der Waals surface area (Å²) in [6.07, 6.45) is 3.13. The van der Waals surface area contributed by atoms with Crippen LogP contribution in [0.5, 0.6) is 0 Å². The highest BCUT2D eigenvalue weighted by atomic mass is 79.9. The fourth-order valence-corrected chi connectivity index (χ4v) is 3.58. The van der Waals surface area contributed by atoms with Gasteiger partial charge in [0.15, 0.2) is 0 Å². The summed E-state index contributed by atoms with van der Waals surface area (Å²) >= 11 is 3.14. The normalized spacial score (nSPS) is 28.7. The number of carbonyl (C=O) groups is 1. The highest BCUT2D eigenvalue weighted by Gasteiger charge is 2.42. The standard InChI is InChI=1S/C14H16BrFN2O/c1-7-4-10(15)11(16)6-13(7)18-14(19)9-5-8-2-3-12(9)17-8/h4,6,8-9,12,17H,2-3,5H2,1H3,(H,18,19). The Bertz CT molecular complexity index is 534. The first-order valence-corrected chi connectivity index (χ1v) is 7.36. The van der Waals surface area contributed by atoms with Crippen LogP contribution in [0.15, 0.2) is 16.6 Å². The Kier molecular flexibility index (Phi) is 3.35. The van der Waals surface area contributed by atoms with Crippen molar-refractivity contribution >= 4 is 27.5 Å². The minimum Gasteiger partial charge on any atom is -0.325 e. The first-order valence-electron chi connectivity index (χ1n) is 6.57. The van der Waals surface area contributed by atoms with Crippen LogP contribution in [0, 0.1) is 18.7 Å². The Labute approximate surface area is 120 Å². The second kappa shape index (κ2) is 4.87. The third-order valence-corrected chi connectivity index (χ3v) is 4.77. The lowest BCUT2D eigenvalue weighted by atomic mass is 9.88. The van der Waals surface area contributed by atoms with Crippen molar-refractivity contribution < 1.29 is 9.18 Å². The quantitative estimate of drug-likeness (QED) is 0.877. The molecule has 2 bridgehead atoms. The van der Waals surface area contributed by atoms with Gasteiger partial charge in [0.05, 0.1) is 10.4 Å². The van der Waals surface area contributed by atoms with Crippen molar-refractivity contribution in [1.82, 2.24) is 5.32 Å². The topological polar surface area (TPSA) is 41.1 Å². The lowest BCUT2D eigenvalue weighted by Crippen LogP contribution is -2.33. The number of hydrogen-bond acceptors (Lipinski definition) is 2. The zero-order valence-corrected chi connectivity index (χ0v) is 12.3. The van der Waals surface area contributed by atoms with E-state index in [0.29, 0.717) is 22.2 Å². The molecular formula is C14H16BrFN2O. The van der Waals surface area contributed by atoms with E-state index < -0.39 is 0 Å². The molecule has 5 heteroatoms. The summed E-state index contributed by atoms with van der Waals surface area (Å²) in [4.78, 5) is 12.3. The molecule has 2 N–H and O–H groups in total. The maximum atomic E-state index is 13.5. The smallest absolute Gasteiger partial charge is 0.229 e. The van der Waals surface area contributed by atoms with Crippen LogP contribution in [0.4, 0.5) is 10.1 Å². The minimum atomic E-state index is -0.355. The van der Waals surface area contributed by atoms with Crippen molar-refractivity contribution in [2.75, 3.05) is 5.32 Å². The van der Waals surface area contributed by atoms with Gasteiger partial charge in [-0.05, 0) is 59.8 Å². The van der Waals surface area contributed by atoms with Crippen LogP contribution >= 0.6 is 15.9 Å². The summed E-state index contributed by atoms with van der Waals surface area (Å²) in [5.74, 6) is -0.332. The summed E-state index contributed by atoms with van der Waals surface area (Å²) < 4.78 is 13.9. The third-order valence-electron chi connectivity index (χ3n) is 4.16. The van der Waals surface area contributed by atoms with Crippen LogP contribution in [0.3, 0.4) is 0 Å². The number of hydrogen-bond donors (Lipinski definition) is 2. The number of aryl methyl sites for hydroxylation is 1. The van der Waals surface area contributed by atoms with Crippen molar-refractivity contribution in [1.29, 1.82) is 0 Å². The number of fused-ring (bicyclic) bond motifs is 2. The van der Waals surface area contributed by atoms with E-state index in [1.807, 2.05) is 6.92 Å². The van der Waals surface area contributed by atoms with Gasteiger partial charge < -0.3 is 10.6 Å². The molecule has 1 aromatic carbocycles. The predicted molar refractivity (Wildman–Crippen MR) is 75.5 cm³/mol. The first kappa shape index (κ1) is 13.1. The number of rotatable bonds is 2. The summed E-state index contributed by atoms with van der Waals surface area (Å²) in [6.45, 7) is 1.86. The number of nitrogens with one attached hydrogen (secondary N) is 2. The fourth-order valence-electron chi connectivity index (χ4n) is 3.12. The number of halogens is 2. The zero-order valence-electron chi connectivity index (χ0n) is 10.7. The molecule has 2 heterocycles. The van der Waals surface area contributed by atoms with Gasteiger partial charge >= 0.3 is 0 Å². The highest BCUT2D eigenvalue weighted by molar-refractivity contribution is 9.10. The van der Waals surface area contributed by atoms with Gasteiger partial charge in [0.2, 0.25) is 5.91 Å². The molecule has 19 heavy (non-hydrogen) atoms. The van der Waals surface area contributed by atoms with E-state index in [2.05, 4.69) is 26.6 Å². The van der Waals surface area contributed by atoms with Crippen molar-refractivity contribution in [3.63, 3.8) is 0 Å². The maximum Gasteiger partial charge on any atom is 0.229 e. The van der Waals surface area contributed by atoms with Gasteiger partial charge in [0.1, 0.15) is 5.82 Å². The molecule has 0 aromatic heterocycles. The molecule has 3 atom stereocenters. The Morgan fingerprint density at radius 1 is 1.47 bits per heavy atom. The average molecular weight is 327 g/mol. The van der Waals surface area contributed by atoms with E-state index in [1.165, 1.54) is 12.5 Å². The number of carbonyl (C=O) groups excluding carboxylic acids is 1. The largest absolute Gasteiger partial charge is 0.325 e. The SMILES string of the molecule is Cc1cc(Br)c(F)cc1NC(=O)C1CC2CCC1N2. The molecule has 1 amide bonds. The molecule has 3 rings (SSSR count). The van der Waals surface area contributed by atoms with Gasteiger partial charge in [0.25, 0.3) is 0 Å². The third kappa shape index (κ3) is 2.41. The Morgan fingerprint density at radius 2 is 2.26 bits per heavy atom. The van der Waals surface area contributed by atoms with Crippen LogP contribution in [0.1, 0.15) is 24.8 Å². The van der Waals surface area contributed by atoms with Crippen LogP contribution < -0.4 is 10.6 Å². The van der Waals surface area contributed by atoms with Gasteiger partial charge in [-0.25, -0.2) is 4.39 Å². The summed E-state index contributed by atoms with van der Waals surface area (Å²) in [5.41, 5.74) is 1.42. The van der Waals surface area contributed by atoms with Gasteiger partial charge in [-0.1, -0.05) is 0 Å². The van der Waals surface area contributed by atoms with Crippen LogP contribution in [0.2, 0.25) is 0 Å². The molecule has 2 saturated heterocycles. The first-order chi connectivity index (χ1) is 9.04. The molecule has 0 radical (unpaired) electrons. The zero-order chi connectivity index (χ0) is 13.6. The van der Waals surface area contributed by atoms with Gasteiger partial charge in [-0.15, -0.1) is 0 Å². The van der Waals surface area contributed by atoms with Crippen LogP contribution in [-0.2, 0) is 4.79 Å². The molecule has 2 aliphatic heterocycles. The van der Waals surface area contributed by atoms with Crippen molar-refractivity contribution in [3.8, 4) is 0 Å². The number of anilines is 1. The average Bonchev–Trinajstić information content (AvgIpc) is 2.98. The second-order valence-corrected chi connectivity index (χ2v) is 6.31. The van der Waals surface area contributed by atoms with E-state index in [-0.39, 0.29) is 17.6 Å². The molecule has 0 saturated carbocycles. The van der Waals surface area contributed by atoms with E-state index in [4.69, 9.17) is 0 Å². The molecule has 102 valence electrons. The maximum absolute atomic E-state index is 13.5. The molecule has 3 nitrogen and oxygen atoms in total. The van der Waals surface area contributed by atoms with Gasteiger partial charge in [0, 0.05) is 17.8 Å². The Morgan fingerprint density at radius 3 is 2.89 bits per heavy atom. The summed E-state index contributed by atoms with van der Waals surface area (Å²) in [5, 5.41) is 6.30. The summed E-state index contributed by atoms with van der Waals surface area (Å²) in [7, 11) is 0. The predicted octanol–water partition coefficient (Wildman–Crippen LogP) is 2.98. The van der Waals surface area contributed by atoms with Gasteiger partial charge in [-0.2, -0.15) is 0 Å².